The van der Waals surface area contributed by atoms with Crippen LogP contribution < -0.4 is 0 Å². The van der Waals surface area contributed by atoms with Gasteiger partial charge in [-0.25, -0.2) is 0 Å². The molecule has 0 heterocycles. The summed E-state index contributed by atoms with van der Waals surface area (Å²) < 4.78 is 0. The molecule has 0 N–H and O–H groups in total. The molecule has 20 heavy (non-hydrogen) atoms. The molecular weight excluding hydrogens is 248 g/mol. The molecule has 3 nitrogen and oxygen atoms in total. The molecule has 0 radical (unpaired) electrons. The van der Waals surface area contributed by atoms with Crippen LogP contribution in [0.1, 0.15) is 73.1 Å². The first-order valence-electron chi connectivity index (χ1n) is 8.64. The number of carbonyl (C=O) groups is 1. The highest BCUT2D eigenvalue weighted by Gasteiger charge is 2.20. The number of carbonyl (C=O) groups excluding carboxylic acids is 1. The van der Waals surface area contributed by atoms with E-state index >= 15 is 0 Å². The zero-order valence-electron chi connectivity index (χ0n) is 14.5. The van der Waals surface area contributed by atoms with Crippen molar-refractivity contribution in [2.45, 2.75) is 79.3 Å². The molecular formula is C17H36N2O. The monoisotopic (exact) mass is 284 g/mol. The highest BCUT2D eigenvalue weighted by Crippen LogP contribution is 2.14. The molecule has 0 bridgehead atoms. The Morgan fingerprint density at radius 1 is 0.800 bits per heavy atom. The van der Waals surface area contributed by atoms with Gasteiger partial charge in [0.05, 0.1) is 6.17 Å². The van der Waals surface area contributed by atoms with Crippen LogP contribution in [0.3, 0.4) is 0 Å². The molecule has 0 aromatic heterocycles. The highest BCUT2D eigenvalue weighted by molar-refractivity contribution is 5.78. The van der Waals surface area contributed by atoms with Gasteiger partial charge in [0.15, 0.2) is 0 Å². The number of unbranched alkanes of at least 4 members (excludes halogenated alkanes) is 1. The first kappa shape index (κ1) is 19.6. The van der Waals surface area contributed by atoms with Crippen molar-refractivity contribution < 1.29 is 4.79 Å². The van der Waals surface area contributed by atoms with Crippen LogP contribution in [0.25, 0.3) is 0 Å². The summed E-state index contributed by atoms with van der Waals surface area (Å²) in [6.45, 7) is 15.4. The summed E-state index contributed by atoms with van der Waals surface area (Å²) in [6.07, 6.45) is 6.35. The van der Waals surface area contributed by atoms with Crippen molar-refractivity contribution >= 4 is 5.78 Å². The number of Topliss-reactive ketones (excluding diaryl/α,β-unsaturated/α-hetero) is 1. The van der Waals surface area contributed by atoms with Gasteiger partial charge in [-0.3, -0.25) is 14.6 Å². The van der Waals surface area contributed by atoms with E-state index in [9.17, 15) is 4.79 Å². The standard InChI is InChI=1S/C17H36N2O/c1-6-11-13-16(20)14-12-15-17(18(7-2)8-3)19(9-4)10-5/h17H,6-15H2,1-5H3. The lowest BCUT2D eigenvalue weighted by Gasteiger charge is -2.38. The minimum atomic E-state index is 0.449. The number of rotatable bonds is 13. The van der Waals surface area contributed by atoms with Gasteiger partial charge >= 0.3 is 0 Å². The second-order valence-corrected chi connectivity index (χ2v) is 5.46. The van der Waals surface area contributed by atoms with E-state index in [0.717, 1.165) is 64.7 Å². The Morgan fingerprint density at radius 2 is 1.25 bits per heavy atom. The van der Waals surface area contributed by atoms with Gasteiger partial charge < -0.3 is 0 Å². The summed E-state index contributed by atoms with van der Waals surface area (Å²) in [5.74, 6) is 0.449. The number of nitrogens with zero attached hydrogens (tertiary/aromatic N) is 2. The molecule has 0 aromatic carbocycles. The zero-order chi connectivity index (χ0) is 15.4. The van der Waals surface area contributed by atoms with Crippen molar-refractivity contribution in [3.63, 3.8) is 0 Å². The maximum Gasteiger partial charge on any atom is 0.132 e. The van der Waals surface area contributed by atoms with E-state index in [1.165, 1.54) is 0 Å². The lowest BCUT2D eigenvalue weighted by atomic mass is 10.1. The Hall–Kier alpha value is -0.410. The van der Waals surface area contributed by atoms with Crippen molar-refractivity contribution in [2.75, 3.05) is 26.2 Å². The topological polar surface area (TPSA) is 23.6 Å². The van der Waals surface area contributed by atoms with Crippen molar-refractivity contribution in [2.24, 2.45) is 0 Å². The molecule has 3 heteroatoms. The van der Waals surface area contributed by atoms with E-state index in [2.05, 4.69) is 44.4 Å². The zero-order valence-corrected chi connectivity index (χ0v) is 14.5. The van der Waals surface area contributed by atoms with Crippen LogP contribution >= 0.6 is 0 Å². The van der Waals surface area contributed by atoms with Crippen molar-refractivity contribution in [1.29, 1.82) is 0 Å². The molecule has 0 amide bonds. The third-order valence-electron chi connectivity index (χ3n) is 4.19. The molecule has 0 fully saturated rings. The summed E-state index contributed by atoms with van der Waals surface area (Å²) in [5, 5.41) is 0. The SMILES string of the molecule is CCCCC(=O)CCCC(N(CC)CC)N(CC)CC. The minimum absolute atomic E-state index is 0.449. The third-order valence-corrected chi connectivity index (χ3v) is 4.19. The fourth-order valence-corrected chi connectivity index (χ4v) is 2.87. The average Bonchev–Trinajstić information content (AvgIpc) is 2.47. The fraction of sp³-hybridized carbons (Fsp3) is 0.941. The molecule has 0 aromatic rings. The lowest BCUT2D eigenvalue weighted by molar-refractivity contribution is -0.119. The molecule has 0 unspecified atom stereocenters. The van der Waals surface area contributed by atoms with Gasteiger partial charge in [0, 0.05) is 12.8 Å². The lowest BCUT2D eigenvalue weighted by Crippen LogP contribution is -2.48. The Bertz CT molecular complexity index is 223. The highest BCUT2D eigenvalue weighted by atomic mass is 16.1. The molecule has 0 saturated carbocycles. The quantitative estimate of drug-likeness (QED) is 0.479. The van der Waals surface area contributed by atoms with Gasteiger partial charge in [-0.05, 0) is 45.4 Å². The van der Waals surface area contributed by atoms with Crippen LogP contribution in [-0.2, 0) is 4.79 Å². The van der Waals surface area contributed by atoms with E-state index in [1.807, 2.05) is 0 Å². The summed E-state index contributed by atoms with van der Waals surface area (Å²) in [5.41, 5.74) is 0. The van der Waals surface area contributed by atoms with Crippen LogP contribution in [-0.4, -0.2) is 47.9 Å². The second kappa shape index (κ2) is 12.3. The van der Waals surface area contributed by atoms with Crippen molar-refractivity contribution in [3.8, 4) is 0 Å². The number of hydrogen-bond acceptors (Lipinski definition) is 3. The molecule has 0 spiro atoms. The van der Waals surface area contributed by atoms with Gasteiger partial charge in [0.2, 0.25) is 0 Å². The van der Waals surface area contributed by atoms with E-state index in [-0.39, 0.29) is 0 Å². The third kappa shape index (κ3) is 7.39. The first-order chi connectivity index (χ1) is 9.64. The smallest absolute Gasteiger partial charge is 0.132 e. The molecule has 0 atom stereocenters. The van der Waals surface area contributed by atoms with E-state index in [0.29, 0.717) is 11.9 Å². The number of hydrogen-bond donors (Lipinski definition) is 0. The Kier molecular flexibility index (Phi) is 12.1. The summed E-state index contributed by atoms with van der Waals surface area (Å²) >= 11 is 0. The largest absolute Gasteiger partial charge is 0.300 e. The molecule has 0 aliphatic rings. The van der Waals surface area contributed by atoms with Crippen LogP contribution in [0, 0.1) is 0 Å². The first-order valence-corrected chi connectivity index (χ1v) is 8.64. The molecule has 0 rings (SSSR count). The summed E-state index contributed by atoms with van der Waals surface area (Å²) in [4.78, 5) is 16.8. The van der Waals surface area contributed by atoms with E-state index < -0.39 is 0 Å². The minimum Gasteiger partial charge on any atom is -0.300 e. The average molecular weight is 284 g/mol. The van der Waals surface area contributed by atoms with Gasteiger partial charge in [-0.2, -0.15) is 0 Å². The summed E-state index contributed by atoms with van der Waals surface area (Å²) in [6, 6.07) is 0. The van der Waals surface area contributed by atoms with Crippen LogP contribution in [0.15, 0.2) is 0 Å². The van der Waals surface area contributed by atoms with Crippen LogP contribution in [0.5, 0.6) is 0 Å². The van der Waals surface area contributed by atoms with Crippen LogP contribution in [0.2, 0.25) is 0 Å². The Morgan fingerprint density at radius 3 is 1.65 bits per heavy atom. The molecule has 120 valence electrons. The maximum atomic E-state index is 11.8. The fourth-order valence-electron chi connectivity index (χ4n) is 2.87. The Balaban J connectivity index is 4.32. The van der Waals surface area contributed by atoms with E-state index in [1.54, 1.807) is 0 Å². The normalized spacial score (nSPS) is 11.8. The van der Waals surface area contributed by atoms with Gasteiger partial charge in [0.1, 0.15) is 5.78 Å². The van der Waals surface area contributed by atoms with Gasteiger partial charge in [-0.15, -0.1) is 0 Å². The Labute approximate surface area is 126 Å². The van der Waals surface area contributed by atoms with Gasteiger partial charge in [0.25, 0.3) is 0 Å². The molecule has 0 aliphatic heterocycles. The molecule has 0 saturated heterocycles. The number of ketones is 1. The predicted octanol–water partition coefficient (Wildman–Crippen LogP) is 3.93. The van der Waals surface area contributed by atoms with Gasteiger partial charge in [-0.1, -0.05) is 41.0 Å². The predicted molar refractivity (Wildman–Crippen MR) is 88.0 cm³/mol. The van der Waals surface area contributed by atoms with E-state index in [4.69, 9.17) is 0 Å². The summed E-state index contributed by atoms with van der Waals surface area (Å²) in [7, 11) is 0. The van der Waals surface area contributed by atoms with Crippen LogP contribution in [0.4, 0.5) is 0 Å². The molecule has 0 aliphatic carbocycles. The van der Waals surface area contributed by atoms with Crippen molar-refractivity contribution in [3.05, 3.63) is 0 Å². The van der Waals surface area contributed by atoms with Crippen molar-refractivity contribution in [1.82, 2.24) is 9.80 Å². The second-order valence-electron chi connectivity index (χ2n) is 5.46. The maximum absolute atomic E-state index is 11.8.